The Hall–Kier alpha value is -2.61. The van der Waals surface area contributed by atoms with Gasteiger partial charge in [-0.3, -0.25) is 24.1 Å². The van der Waals surface area contributed by atoms with Crippen LogP contribution in [-0.2, 0) is 24.0 Å². The summed E-state index contributed by atoms with van der Waals surface area (Å²) in [5.74, 6) is -4.12. The quantitative estimate of drug-likeness (QED) is 0.194. The second-order valence-electron chi connectivity index (χ2n) is 9.22. The van der Waals surface area contributed by atoms with Crippen LogP contribution in [0.5, 0.6) is 0 Å². The smallest absolute Gasteiger partial charge is 1.00 e. The molecular formula is C23H28N5NaO7S. The van der Waals surface area contributed by atoms with Gasteiger partial charge in [-0.1, -0.05) is 30.3 Å². The minimum absolute atomic E-state index is 0. The third-order valence-electron chi connectivity index (χ3n) is 6.57. The molecule has 37 heavy (non-hydrogen) atoms. The van der Waals surface area contributed by atoms with Crippen LogP contribution >= 0.6 is 11.8 Å². The number of carbonyl (C=O) groups excluding carboxylic acids is 5. The second kappa shape index (κ2) is 11.0. The fraction of sp³-hybridized carbons (Fsp3) is 0.478. The third-order valence-corrected chi connectivity index (χ3v) is 8.14. The van der Waals surface area contributed by atoms with Gasteiger partial charge in [-0.2, -0.15) is 0 Å². The van der Waals surface area contributed by atoms with Crippen molar-refractivity contribution in [2.45, 2.75) is 49.0 Å². The van der Waals surface area contributed by atoms with E-state index in [-0.39, 0.29) is 44.1 Å². The van der Waals surface area contributed by atoms with Gasteiger partial charge < -0.3 is 27.0 Å². The maximum absolute atomic E-state index is 13.3. The molecule has 3 heterocycles. The van der Waals surface area contributed by atoms with Crippen LogP contribution in [0.4, 0.5) is 4.79 Å². The number of nitrogens with one attached hydrogen (secondary N) is 2. The number of amides is 6. The van der Waals surface area contributed by atoms with Crippen molar-refractivity contribution in [1.29, 1.82) is 0 Å². The molecule has 0 saturated carbocycles. The van der Waals surface area contributed by atoms with E-state index in [0.29, 0.717) is 12.1 Å². The monoisotopic (exact) mass is 541 g/mol. The summed E-state index contributed by atoms with van der Waals surface area (Å²) in [6.07, 6.45) is 0. The zero-order valence-corrected chi connectivity index (χ0v) is 23.8. The number of rotatable bonds is 6. The number of hydrogen-bond donors (Lipinski definition) is 3. The molecule has 0 spiro atoms. The Morgan fingerprint density at radius 1 is 1.14 bits per heavy atom. The fourth-order valence-corrected chi connectivity index (χ4v) is 6.32. The summed E-state index contributed by atoms with van der Waals surface area (Å²) in [7, 11) is 0. The second-order valence-corrected chi connectivity index (χ2v) is 11.0. The number of aliphatic carboxylic acids is 1. The third kappa shape index (κ3) is 5.22. The molecule has 0 aromatic heterocycles. The molecule has 3 aliphatic rings. The normalized spacial score (nSPS) is 25.0. The zero-order valence-electron chi connectivity index (χ0n) is 22.0. The van der Waals surface area contributed by atoms with Crippen LogP contribution in [0, 0.1) is 0 Å². The minimum Gasteiger partial charge on any atom is -1.00 e. The summed E-state index contributed by atoms with van der Waals surface area (Å²) >= 11 is 1.28. The number of imide groups is 1. The summed E-state index contributed by atoms with van der Waals surface area (Å²) in [4.78, 5) is 78.8. The average Bonchev–Trinajstić information content (AvgIpc) is 3.10. The van der Waals surface area contributed by atoms with Crippen molar-refractivity contribution < 1.29 is 64.9 Å². The molecule has 3 saturated heterocycles. The molecule has 4 rings (SSSR count). The molecule has 3 aliphatic heterocycles. The van der Waals surface area contributed by atoms with E-state index in [1.165, 1.54) is 21.6 Å². The number of piperazine rings is 1. The largest absolute Gasteiger partial charge is 1.00 e. The summed E-state index contributed by atoms with van der Waals surface area (Å²) < 4.78 is -0.758. The molecular weight excluding hydrogens is 513 g/mol. The van der Waals surface area contributed by atoms with Gasteiger partial charge in [0.25, 0.3) is 0 Å². The van der Waals surface area contributed by atoms with E-state index in [1.807, 2.05) is 0 Å². The number of fused-ring (bicyclic) bond motifs is 1. The Labute approximate surface area is 241 Å². The summed E-state index contributed by atoms with van der Waals surface area (Å²) in [5, 5.41) is 14.2. The Bertz CT molecular complexity index is 1140. The predicted molar refractivity (Wildman–Crippen MR) is 128 cm³/mol. The van der Waals surface area contributed by atoms with E-state index >= 15 is 0 Å². The van der Waals surface area contributed by atoms with Crippen LogP contribution in [-0.4, -0.2) is 97.3 Å². The van der Waals surface area contributed by atoms with Gasteiger partial charge in [0, 0.05) is 24.4 Å². The van der Waals surface area contributed by atoms with Crippen molar-refractivity contribution in [2.24, 2.45) is 0 Å². The maximum Gasteiger partial charge on any atom is 1.00 e. The number of benzene rings is 1. The molecule has 1 aromatic rings. The molecule has 1 aromatic carbocycles. The Morgan fingerprint density at radius 2 is 1.78 bits per heavy atom. The van der Waals surface area contributed by atoms with Gasteiger partial charge in [0.1, 0.15) is 23.5 Å². The molecule has 0 aliphatic carbocycles. The van der Waals surface area contributed by atoms with Crippen LogP contribution in [0.15, 0.2) is 30.3 Å². The molecule has 12 nitrogen and oxygen atoms in total. The SMILES string of the molecule is CCN1CCN(C(=O)NC(C(=O)NC2C(=O)N3C2SC(C)(C)C3C(=O)O)c2ccccc2)C(=O)C1=O.[H-].[Na+]. The Kier molecular flexibility index (Phi) is 8.62. The summed E-state index contributed by atoms with van der Waals surface area (Å²) in [5.41, 5.74) is 0.403. The first-order valence-corrected chi connectivity index (χ1v) is 12.3. The first-order chi connectivity index (χ1) is 17.0. The molecule has 3 N–H and O–H groups in total. The van der Waals surface area contributed by atoms with Gasteiger partial charge in [-0.05, 0) is 26.3 Å². The number of carboxylic acids is 1. The number of hydrogen-bond acceptors (Lipinski definition) is 7. The average molecular weight is 542 g/mol. The number of carboxylic acid groups (broad SMARTS) is 1. The van der Waals surface area contributed by atoms with Gasteiger partial charge in [0.15, 0.2) is 0 Å². The molecule has 194 valence electrons. The standard InChI is InChI=1S/C23H27N5O7S.Na.H/c1-4-26-10-11-27(19(32)18(26)31)22(35)25-13(12-8-6-5-7-9-12)16(29)24-14-17(30)28-15(21(33)34)23(2,3)36-20(14)28;;/h5-9,13-15,20H,4,10-11H2,1-3H3,(H,24,29)(H,25,35)(H,33,34);;/q;+1;-1. The van der Waals surface area contributed by atoms with Crippen LogP contribution < -0.4 is 40.2 Å². The molecule has 4 atom stereocenters. The number of urea groups is 1. The molecule has 14 heteroatoms. The van der Waals surface area contributed by atoms with E-state index in [1.54, 1.807) is 51.1 Å². The van der Waals surface area contributed by atoms with Crippen LogP contribution in [0.3, 0.4) is 0 Å². The first-order valence-electron chi connectivity index (χ1n) is 11.5. The fourth-order valence-electron chi connectivity index (χ4n) is 4.70. The number of carbonyl (C=O) groups is 6. The zero-order chi connectivity index (χ0) is 26.4. The number of nitrogens with zero attached hydrogens (tertiary/aromatic N) is 3. The van der Waals surface area contributed by atoms with E-state index in [4.69, 9.17) is 0 Å². The van der Waals surface area contributed by atoms with E-state index in [0.717, 1.165) is 4.90 Å². The van der Waals surface area contributed by atoms with Gasteiger partial charge >= 0.3 is 53.4 Å². The number of thioether (sulfide) groups is 1. The Morgan fingerprint density at radius 3 is 2.38 bits per heavy atom. The van der Waals surface area contributed by atoms with Crippen molar-refractivity contribution in [2.75, 3.05) is 19.6 Å². The molecule has 3 fully saturated rings. The van der Waals surface area contributed by atoms with Crippen molar-refractivity contribution in [1.82, 2.24) is 25.3 Å². The van der Waals surface area contributed by atoms with Crippen molar-refractivity contribution in [3.05, 3.63) is 35.9 Å². The van der Waals surface area contributed by atoms with Crippen LogP contribution in [0.1, 0.15) is 33.8 Å². The summed E-state index contributed by atoms with van der Waals surface area (Å²) in [6, 6.07) is 4.11. The Balaban J connectivity index is 0.00000253. The molecule has 0 bridgehead atoms. The molecule has 4 unspecified atom stereocenters. The van der Waals surface area contributed by atoms with E-state index < -0.39 is 63.9 Å². The first kappa shape index (κ1) is 29.0. The topological polar surface area (TPSA) is 156 Å². The van der Waals surface area contributed by atoms with Gasteiger partial charge in [0.05, 0.1) is 0 Å². The van der Waals surface area contributed by atoms with Gasteiger partial charge in [0.2, 0.25) is 11.8 Å². The molecule has 0 radical (unpaired) electrons. The minimum atomic E-state index is -1.26. The van der Waals surface area contributed by atoms with E-state index in [2.05, 4.69) is 10.6 Å². The van der Waals surface area contributed by atoms with Gasteiger partial charge in [-0.25, -0.2) is 9.59 Å². The van der Waals surface area contributed by atoms with Gasteiger partial charge in [-0.15, -0.1) is 11.8 Å². The number of likely N-dealkylation sites (N-methyl/N-ethyl adjacent to an activating group) is 1. The molecule has 6 amide bonds. The van der Waals surface area contributed by atoms with Crippen molar-refractivity contribution >= 4 is 47.4 Å². The summed E-state index contributed by atoms with van der Waals surface area (Å²) in [6.45, 7) is 5.67. The van der Waals surface area contributed by atoms with Crippen LogP contribution in [0.2, 0.25) is 0 Å². The van der Waals surface area contributed by atoms with Crippen molar-refractivity contribution in [3.63, 3.8) is 0 Å². The van der Waals surface area contributed by atoms with Crippen LogP contribution in [0.25, 0.3) is 0 Å². The van der Waals surface area contributed by atoms with Crippen molar-refractivity contribution in [3.8, 4) is 0 Å². The number of β-lactam (4-membered cyclic amide) rings is 1. The van der Waals surface area contributed by atoms with E-state index in [9.17, 15) is 33.9 Å². The predicted octanol–water partition coefficient (Wildman–Crippen LogP) is -3.12. The maximum atomic E-state index is 13.3.